The molecule has 0 bridgehead atoms. The molecule has 0 saturated heterocycles. The van der Waals surface area contributed by atoms with E-state index in [9.17, 15) is 4.79 Å². The molecule has 0 atom stereocenters. The van der Waals surface area contributed by atoms with Gasteiger partial charge < -0.3 is 25.4 Å². The lowest BCUT2D eigenvalue weighted by atomic mass is 10.2. The summed E-state index contributed by atoms with van der Waals surface area (Å²) in [7, 11) is 0. The van der Waals surface area contributed by atoms with Gasteiger partial charge in [0.25, 0.3) is 5.91 Å². The summed E-state index contributed by atoms with van der Waals surface area (Å²) < 4.78 is 10.5. The maximum atomic E-state index is 12.2. The van der Waals surface area contributed by atoms with Crippen molar-refractivity contribution in [2.75, 3.05) is 37.1 Å². The number of carbonyl (C=O) groups excluding carboxylic acids is 1. The first kappa shape index (κ1) is 16.8. The van der Waals surface area contributed by atoms with E-state index in [2.05, 4.69) is 25.9 Å². The first-order valence-electron chi connectivity index (χ1n) is 8.17. The fraction of sp³-hybridized carbons (Fsp3) is 0.353. The molecule has 0 radical (unpaired) electrons. The summed E-state index contributed by atoms with van der Waals surface area (Å²) >= 11 is 0. The average molecular weight is 343 g/mol. The van der Waals surface area contributed by atoms with Crippen LogP contribution in [0.4, 0.5) is 11.8 Å². The number of fused-ring (bicyclic) bond motifs is 1. The third-order valence-electron chi connectivity index (χ3n) is 3.54. The molecule has 0 fully saturated rings. The van der Waals surface area contributed by atoms with E-state index in [1.165, 1.54) is 0 Å². The maximum Gasteiger partial charge on any atom is 0.251 e. The number of hydrogen-bond donors (Lipinski definition) is 3. The number of carbonyl (C=O) groups is 1. The molecule has 8 heteroatoms. The second-order valence-corrected chi connectivity index (χ2v) is 5.50. The number of anilines is 2. The van der Waals surface area contributed by atoms with Crippen LogP contribution in [0.15, 0.2) is 24.3 Å². The van der Waals surface area contributed by atoms with E-state index in [0.29, 0.717) is 36.1 Å². The molecule has 1 aliphatic rings. The number of amides is 1. The zero-order valence-electron chi connectivity index (χ0n) is 14.3. The summed E-state index contributed by atoms with van der Waals surface area (Å²) in [5.41, 5.74) is 1.41. The van der Waals surface area contributed by atoms with Crippen LogP contribution < -0.4 is 25.4 Å². The van der Waals surface area contributed by atoms with E-state index >= 15 is 0 Å². The largest absolute Gasteiger partial charge is 0.454 e. The Morgan fingerprint density at radius 1 is 1.12 bits per heavy atom. The molecule has 3 rings (SSSR count). The Hall–Kier alpha value is -3.03. The van der Waals surface area contributed by atoms with Crippen LogP contribution in [0.2, 0.25) is 0 Å². The highest BCUT2D eigenvalue weighted by Crippen LogP contribution is 2.32. The van der Waals surface area contributed by atoms with E-state index < -0.39 is 0 Å². The van der Waals surface area contributed by atoms with Gasteiger partial charge in [0.1, 0.15) is 5.82 Å². The molecular formula is C17H21N5O3. The molecule has 1 aliphatic heterocycles. The number of benzene rings is 1. The smallest absolute Gasteiger partial charge is 0.251 e. The second kappa shape index (κ2) is 7.69. The lowest BCUT2D eigenvalue weighted by Crippen LogP contribution is -2.28. The zero-order chi connectivity index (χ0) is 17.6. The fourth-order valence-electron chi connectivity index (χ4n) is 2.40. The maximum absolute atomic E-state index is 12.2. The van der Waals surface area contributed by atoms with Gasteiger partial charge >= 0.3 is 0 Å². The quantitative estimate of drug-likeness (QED) is 0.659. The number of rotatable bonds is 7. The van der Waals surface area contributed by atoms with Crippen molar-refractivity contribution in [3.05, 3.63) is 35.5 Å². The van der Waals surface area contributed by atoms with Gasteiger partial charge in [-0.25, -0.2) is 4.98 Å². The Morgan fingerprint density at radius 3 is 2.80 bits per heavy atom. The van der Waals surface area contributed by atoms with Gasteiger partial charge in [-0.15, -0.1) is 0 Å². The lowest BCUT2D eigenvalue weighted by molar-refractivity contribution is 0.0954. The topological polar surface area (TPSA) is 97.4 Å². The predicted octanol–water partition coefficient (Wildman–Crippen LogP) is 1.79. The molecule has 1 amide bonds. The normalized spacial score (nSPS) is 11.9. The van der Waals surface area contributed by atoms with Gasteiger partial charge in [0.05, 0.1) is 0 Å². The first-order valence-corrected chi connectivity index (χ1v) is 8.17. The van der Waals surface area contributed by atoms with E-state index in [1.807, 2.05) is 19.9 Å². The third kappa shape index (κ3) is 4.28. The Bertz CT molecular complexity index is 766. The molecule has 0 saturated carbocycles. The molecule has 0 aliphatic carbocycles. The molecule has 2 heterocycles. The molecule has 2 aromatic rings. The van der Waals surface area contributed by atoms with Crippen molar-refractivity contribution in [1.29, 1.82) is 0 Å². The number of nitrogens with one attached hydrogen (secondary N) is 3. The van der Waals surface area contributed by atoms with E-state index in [4.69, 9.17) is 9.47 Å². The summed E-state index contributed by atoms with van der Waals surface area (Å²) in [6.45, 7) is 5.87. The Balaban J connectivity index is 1.49. The van der Waals surface area contributed by atoms with Crippen LogP contribution in [0.5, 0.6) is 11.5 Å². The van der Waals surface area contributed by atoms with E-state index in [0.717, 1.165) is 18.1 Å². The minimum absolute atomic E-state index is 0.160. The summed E-state index contributed by atoms with van der Waals surface area (Å²) in [4.78, 5) is 20.8. The van der Waals surface area contributed by atoms with Crippen LogP contribution in [0.25, 0.3) is 0 Å². The van der Waals surface area contributed by atoms with Gasteiger partial charge in [-0.3, -0.25) is 4.79 Å². The highest BCUT2D eigenvalue weighted by atomic mass is 16.7. The SMILES string of the molecule is CCNc1nc(C)cc(NCCNC(=O)c2ccc3c(c2)OCO3)n1. The van der Waals surface area contributed by atoms with Crippen LogP contribution in [0.3, 0.4) is 0 Å². The van der Waals surface area contributed by atoms with Crippen LogP contribution in [-0.4, -0.2) is 42.3 Å². The number of aryl methyl sites for hydroxylation is 1. The van der Waals surface area contributed by atoms with E-state index in [-0.39, 0.29) is 12.7 Å². The van der Waals surface area contributed by atoms with Gasteiger partial charge in [-0.2, -0.15) is 4.98 Å². The Morgan fingerprint density at radius 2 is 1.96 bits per heavy atom. The number of nitrogens with zero attached hydrogens (tertiary/aromatic N) is 2. The van der Waals surface area contributed by atoms with Gasteiger partial charge in [-0.1, -0.05) is 0 Å². The summed E-state index contributed by atoms with van der Waals surface area (Å²) in [5, 5.41) is 9.13. The summed E-state index contributed by atoms with van der Waals surface area (Å²) in [6.07, 6.45) is 0. The lowest BCUT2D eigenvalue weighted by Gasteiger charge is -2.10. The monoisotopic (exact) mass is 343 g/mol. The molecule has 25 heavy (non-hydrogen) atoms. The molecule has 1 aromatic carbocycles. The molecule has 8 nitrogen and oxygen atoms in total. The minimum Gasteiger partial charge on any atom is -0.454 e. The second-order valence-electron chi connectivity index (χ2n) is 5.50. The zero-order valence-corrected chi connectivity index (χ0v) is 14.3. The van der Waals surface area contributed by atoms with Crippen molar-refractivity contribution >= 4 is 17.7 Å². The third-order valence-corrected chi connectivity index (χ3v) is 3.54. The summed E-state index contributed by atoms with van der Waals surface area (Å²) in [5.74, 6) is 2.41. The number of ether oxygens (including phenoxy) is 2. The fourth-order valence-corrected chi connectivity index (χ4v) is 2.40. The van der Waals surface area contributed by atoms with Gasteiger partial charge in [0.15, 0.2) is 11.5 Å². The van der Waals surface area contributed by atoms with E-state index in [1.54, 1.807) is 18.2 Å². The summed E-state index contributed by atoms with van der Waals surface area (Å²) in [6, 6.07) is 7.00. The molecule has 3 N–H and O–H groups in total. The average Bonchev–Trinajstić information content (AvgIpc) is 3.06. The van der Waals surface area contributed by atoms with Crippen molar-refractivity contribution < 1.29 is 14.3 Å². The molecular weight excluding hydrogens is 322 g/mol. The van der Waals surface area contributed by atoms with Gasteiger partial charge in [0, 0.05) is 37.0 Å². The molecule has 1 aromatic heterocycles. The van der Waals surface area contributed by atoms with Crippen molar-refractivity contribution in [3.8, 4) is 11.5 Å². The van der Waals surface area contributed by atoms with Crippen molar-refractivity contribution in [1.82, 2.24) is 15.3 Å². The number of aromatic nitrogens is 2. The van der Waals surface area contributed by atoms with Gasteiger partial charge in [-0.05, 0) is 32.0 Å². The molecule has 132 valence electrons. The van der Waals surface area contributed by atoms with Crippen LogP contribution in [0, 0.1) is 6.92 Å². The van der Waals surface area contributed by atoms with Crippen molar-refractivity contribution in [3.63, 3.8) is 0 Å². The number of hydrogen-bond acceptors (Lipinski definition) is 7. The standard InChI is InChI=1S/C17H21N5O3/c1-3-18-17-21-11(2)8-15(22-17)19-6-7-20-16(23)12-4-5-13-14(9-12)25-10-24-13/h4-5,8-9H,3,6-7,10H2,1-2H3,(H,20,23)(H2,18,19,21,22). The molecule has 0 unspecified atom stereocenters. The van der Waals surface area contributed by atoms with Crippen LogP contribution in [0.1, 0.15) is 23.0 Å². The highest BCUT2D eigenvalue weighted by Gasteiger charge is 2.15. The van der Waals surface area contributed by atoms with Crippen molar-refractivity contribution in [2.45, 2.75) is 13.8 Å². The highest BCUT2D eigenvalue weighted by molar-refractivity contribution is 5.94. The predicted molar refractivity (Wildman–Crippen MR) is 94.3 cm³/mol. The first-order chi connectivity index (χ1) is 12.2. The van der Waals surface area contributed by atoms with Crippen LogP contribution in [-0.2, 0) is 0 Å². The van der Waals surface area contributed by atoms with Gasteiger partial charge in [0.2, 0.25) is 12.7 Å². The Labute approximate surface area is 146 Å². The Kier molecular flexibility index (Phi) is 5.17. The van der Waals surface area contributed by atoms with Crippen LogP contribution >= 0.6 is 0 Å². The molecule has 0 spiro atoms. The van der Waals surface area contributed by atoms with Crippen molar-refractivity contribution in [2.24, 2.45) is 0 Å². The minimum atomic E-state index is -0.160.